The summed E-state index contributed by atoms with van der Waals surface area (Å²) in [5.74, 6) is -2.94. The molecule has 1 amide bonds. The van der Waals surface area contributed by atoms with Gasteiger partial charge in [0.2, 0.25) is 11.4 Å². The quantitative estimate of drug-likeness (QED) is 0.391. The van der Waals surface area contributed by atoms with Crippen LogP contribution in [0.2, 0.25) is 0 Å². The lowest BCUT2D eigenvalue weighted by Crippen LogP contribution is -2.58. The highest BCUT2D eigenvalue weighted by atomic mass is 16.6. The minimum absolute atomic E-state index is 0.0698. The van der Waals surface area contributed by atoms with Crippen molar-refractivity contribution in [1.29, 1.82) is 0 Å². The zero-order valence-electron chi connectivity index (χ0n) is 13.1. The first-order valence-electron chi connectivity index (χ1n) is 7.35. The first-order chi connectivity index (χ1) is 10.9. The molecule has 0 heterocycles. The second-order valence-corrected chi connectivity index (χ2v) is 5.17. The second kappa shape index (κ2) is 8.89. The summed E-state index contributed by atoms with van der Waals surface area (Å²) < 4.78 is 10.00. The molecule has 0 spiro atoms. The van der Waals surface area contributed by atoms with Crippen molar-refractivity contribution in [1.82, 2.24) is 0 Å². The number of amides is 1. The predicted molar refractivity (Wildman–Crippen MR) is 82.8 cm³/mol. The van der Waals surface area contributed by atoms with E-state index in [-0.39, 0.29) is 13.2 Å². The fourth-order valence-electron chi connectivity index (χ4n) is 1.79. The van der Waals surface area contributed by atoms with Crippen LogP contribution in [-0.4, -0.2) is 30.0 Å². The number of nitrogens with two attached hydrogens (primary N) is 2. The van der Waals surface area contributed by atoms with E-state index in [0.29, 0.717) is 6.42 Å². The van der Waals surface area contributed by atoms with Crippen LogP contribution in [0.4, 0.5) is 0 Å². The van der Waals surface area contributed by atoms with Crippen LogP contribution in [0, 0.1) is 0 Å². The van der Waals surface area contributed by atoms with Crippen LogP contribution in [0.3, 0.4) is 0 Å². The Balaban J connectivity index is 2.76. The number of carbonyl (C=O) groups is 3. The Hall–Kier alpha value is -2.41. The summed E-state index contributed by atoms with van der Waals surface area (Å²) in [5, 5.41) is 0. The maximum absolute atomic E-state index is 12.2. The molecule has 1 aromatic rings. The van der Waals surface area contributed by atoms with Gasteiger partial charge in [-0.3, -0.25) is 4.79 Å². The average Bonchev–Trinajstić information content (AvgIpc) is 2.52. The van der Waals surface area contributed by atoms with Crippen LogP contribution in [0.5, 0.6) is 0 Å². The molecule has 7 nitrogen and oxygen atoms in total. The lowest BCUT2D eigenvalue weighted by molar-refractivity contribution is -0.167. The van der Waals surface area contributed by atoms with Gasteiger partial charge >= 0.3 is 11.9 Å². The number of hydrogen-bond donors (Lipinski definition) is 2. The molecule has 0 bridgehead atoms. The molecular formula is C16H22N2O5. The second-order valence-electron chi connectivity index (χ2n) is 5.17. The molecule has 0 aliphatic carbocycles. The lowest BCUT2D eigenvalue weighted by Gasteiger charge is -2.24. The summed E-state index contributed by atoms with van der Waals surface area (Å²) in [6.07, 6.45) is 0.752. The number of rotatable bonds is 9. The van der Waals surface area contributed by atoms with E-state index in [1.807, 2.05) is 13.0 Å². The summed E-state index contributed by atoms with van der Waals surface area (Å²) in [7, 11) is 0. The fraction of sp³-hybridized carbons (Fsp3) is 0.438. The molecule has 0 aliphatic heterocycles. The number of unbranched alkanes of at least 4 members (excludes halogenated alkanes) is 1. The minimum Gasteiger partial charge on any atom is -0.464 e. The van der Waals surface area contributed by atoms with Gasteiger partial charge in [-0.15, -0.1) is 0 Å². The number of esters is 2. The van der Waals surface area contributed by atoms with Crippen LogP contribution >= 0.6 is 0 Å². The van der Waals surface area contributed by atoms with E-state index in [9.17, 15) is 14.4 Å². The Bertz CT molecular complexity index is 547. The zero-order chi connectivity index (χ0) is 17.3. The summed E-state index contributed by atoms with van der Waals surface area (Å²) in [6, 6.07) is 8.87. The predicted octanol–water partition coefficient (Wildman–Crippen LogP) is 0.646. The molecule has 1 unspecified atom stereocenters. The van der Waals surface area contributed by atoms with E-state index in [4.69, 9.17) is 20.9 Å². The average molecular weight is 322 g/mol. The summed E-state index contributed by atoms with van der Waals surface area (Å²) in [5.41, 5.74) is 9.36. The number of primary amides is 1. The Kier molecular flexibility index (Phi) is 7.21. The van der Waals surface area contributed by atoms with Crippen molar-refractivity contribution in [2.75, 3.05) is 6.61 Å². The van der Waals surface area contributed by atoms with E-state index < -0.39 is 29.8 Å². The van der Waals surface area contributed by atoms with Crippen LogP contribution in [0.25, 0.3) is 0 Å². The van der Waals surface area contributed by atoms with E-state index in [1.54, 1.807) is 24.3 Å². The van der Waals surface area contributed by atoms with Crippen molar-refractivity contribution in [2.45, 2.75) is 38.3 Å². The highest BCUT2D eigenvalue weighted by Crippen LogP contribution is 2.14. The molecule has 1 aromatic carbocycles. The molecule has 4 N–H and O–H groups in total. The lowest BCUT2D eigenvalue weighted by atomic mass is 9.96. The molecular weight excluding hydrogens is 300 g/mol. The van der Waals surface area contributed by atoms with E-state index in [0.717, 1.165) is 12.0 Å². The van der Waals surface area contributed by atoms with Gasteiger partial charge in [0.25, 0.3) is 0 Å². The topological polar surface area (TPSA) is 122 Å². The molecule has 1 atom stereocenters. The SMILES string of the molecule is CCCCOC(=O)C(N)(CC(N)=O)C(=O)OCc1ccccc1. The Labute approximate surface area is 134 Å². The van der Waals surface area contributed by atoms with Crippen LogP contribution in [0.1, 0.15) is 31.7 Å². The molecule has 23 heavy (non-hydrogen) atoms. The first kappa shape index (κ1) is 18.6. The Morgan fingerprint density at radius 2 is 1.70 bits per heavy atom. The van der Waals surface area contributed by atoms with Crippen LogP contribution in [-0.2, 0) is 30.5 Å². The number of hydrogen-bond acceptors (Lipinski definition) is 6. The summed E-state index contributed by atoms with van der Waals surface area (Å²) >= 11 is 0. The number of carbonyl (C=O) groups excluding carboxylic acids is 3. The van der Waals surface area contributed by atoms with Gasteiger partial charge in [0.15, 0.2) is 0 Å². The molecule has 7 heteroatoms. The van der Waals surface area contributed by atoms with Gasteiger partial charge in [0, 0.05) is 0 Å². The first-order valence-corrected chi connectivity index (χ1v) is 7.35. The third-order valence-electron chi connectivity index (χ3n) is 3.13. The minimum atomic E-state index is -2.23. The van der Waals surface area contributed by atoms with Crippen molar-refractivity contribution in [3.63, 3.8) is 0 Å². The standard InChI is InChI=1S/C16H22N2O5/c1-2-3-9-22-14(20)16(18,10-13(17)19)15(21)23-11-12-7-5-4-6-8-12/h4-8H,2-3,9-11,18H2,1H3,(H2,17,19). The van der Waals surface area contributed by atoms with Crippen LogP contribution < -0.4 is 11.5 Å². The van der Waals surface area contributed by atoms with Gasteiger partial charge in [-0.25, -0.2) is 9.59 Å². The van der Waals surface area contributed by atoms with Crippen molar-refractivity contribution in [2.24, 2.45) is 11.5 Å². The molecule has 126 valence electrons. The third-order valence-corrected chi connectivity index (χ3v) is 3.13. The molecule has 0 aliphatic rings. The van der Waals surface area contributed by atoms with Gasteiger partial charge in [-0.05, 0) is 12.0 Å². The Morgan fingerprint density at radius 3 is 2.26 bits per heavy atom. The van der Waals surface area contributed by atoms with E-state index in [2.05, 4.69) is 0 Å². The van der Waals surface area contributed by atoms with E-state index >= 15 is 0 Å². The molecule has 0 radical (unpaired) electrons. The largest absolute Gasteiger partial charge is 0.464 e. The normalized spacial score (nSPS) is 13.0. The van der Waals surface area contributed by atoms with Crippen molar-refractivity contribution in [3.05, 3.63) is 35.9 Å². The van der Waals surface area contributed by atoms with Gasteiger partial charge in [-0.2, -0.15) is 0 Å². The number of benzene rings is 1. The molecule has 0 fully saturated rings. The van der Waals surface area contributed by atoms with Crippen LogP contribution in [0.15, 0.2) is 30.3 Å². The molecule has 0 saturated heterocycles. The van der Waals surface area contributed by atoms with Crippen molar-refractivity contribution < 1.29 is 23.9 Å². The smallest absolute Gasteiger partial charge is 0.338 e. The molecule has 1 rings (SSSR count). The van der Waals surface area contributed by atoms with Crippen molar-refractivity contribution in [3.8, 4) is 0 Å². The highest BCUT2D eigenvalue weighted by molar-refractivity contribution is 6.07. The van der Waals surface area contributed by atoms with Crippen molar-refractivity contribution >= 4 is 17.8 Å². The molecule has 0 saturated carbocycles. The summed E-state index contributed by atoms with van der Waals surface area (Å²) in [6.45, 7) is 1.96. The fourth-order valence-corrected chi connectivity index (χ4v) is 1.79. The zero-order valence-corrected chi connectivity index (χ0v) is 13.1. The maximum Gasteiger partial charge on any atom is 0.338 e. The molecule has 0 aromatic heterocycles. The number of ether oxygens (including phenoxy) is 2. The monoisotopic (exact) mass is 322 g/mol. The Morgan fingerprint density at radius 1 is 1.09 bits per heavy atom. The van der Waals surface area contributed by atoms with Gasteiger partial charge in [0.1, 0.15) is 6.61 Å². The highest BCUT2D eigenvalue weighted by Gasteiger charge is 2.47. The summed E-state index contributed by atoms with van der Waals surface area (Å²) in [4.78, 5) is 35.4. The maximum atomic E-state index is 12.2. The van der Waals surface area contributed by atoms with Gasteiger partial charge < -0.3 is 20.9 Å². The van der Waals surface area contributed by atoms with E-state index in [1.165, 1.54) is 0 Å². The van der Waals surface area contributed by atoms with Gasteiger partial charge in [-0.1, -0.05) is 43.7 Å². The third kappa shape index (κ3) is 5.71. The van der Waals surface area contributed by atoms with Gasteiger partial charge in [0.05, 0.1) is 13.0 Å².